The van der Waals surface area contributed by atoms with Crippen LogP contribution in [-0.4, -0.2) is 20.3 Å². The molecule has 28 heavy (non-hydrogen) atoms. The Hall–Kier alpha value is -3.55. The van der Waals surface area contributed by atoms with E-state index in [0.717, 1.165) is 21.7 Å². The molecule has 0 aliphatic heterocycles. The molecule has 4 rings (SSSR count). The van der Waals surface area contributed by atoms with Crippen LogP contribution in [0.2, 0.25) is 0 Å². The van der Waals surface area contributed by atoms with Crippen molar-refractivity contribution in [1.29, 1.82) is 0 Å². The van der Waals surface area contributed by atoms with Crippen LogP contribution >= 0.6 is 0 Å². The topological polar surface area (TPSA) is 51.9 Å². The first-order valence-corrected chi connectivity index (χ1v) is 8.41. The fourth-order valence-electron chi connectivity index (χ4n) is 2.99. The van der Waals surface area contributed by atoms with Gasteiger partial charge in [-0.3, -0.25) is 4.79 Å². The molecule has 0 radical (unpaired) electrons. The number of halogens is 3. The molecule has 2 heterocycles. The molecular formula is C20H15F3N4O. The maximum atomic E-state index is 12.7. The summed E-state index contributed by atoms with van der Waals surface area (Å²) in [5.74, 6) is -0.306. The molecular weight excluding hydrogens is 369 g/mol. The van der Waals surface area contributed by atoms with Crippen molar-refractivity contribution in [2.75, 3.05) is 5.32 Å². The van der Waals surface area contributed by atoms with E-state index in [1.807, 2.05) is 42.1 Å². The SMILES string of the molecule is Cn1ccc2c(NC(=O)c3ccc(-n4ccc(C(F)(F)F)n4)cc3)cccc21. The van der Waals surface area contributed by atoms with Gasteiger partial charge in [-0.2, -0.15) is 18.3 Å². The van der Waals surface area contributed by atoms with Gasteiger partial charge >= 0.3 is 6.18 Å². The van der Waals surface area contributed by atoms with E-state index in [0.29, 0.717) is 16.9 Å². The molecule has 0 saturated heterocycles. The van der Waals surface area contributed by atoms with Gasteiger partial charge in [0.2, 0.25) is 0 Å². The monoisotopic (exact) mass is 384 g/mol. The molecule has 0 fully saturated rings. The minimum atomic E-state index is -4.50. The molecule has 2 aromatic heterocycles. The second kappa shape index (κ2) is 6.56. The minimum Gasteiger partial charge on any atom is -0.350 e. The number of hydrogen-bond donors (Lipinski definition) is 1. The van der Waals surface area contributed by atoms with Gasteiger partial charge in [-0.15, -0.1) is 0 Å². The molecule has 8 heteroatoms. The molecule has 0 unspecified atom stereocenters. The largest absolute Gasteiger partial charge is 0.435 e. The van der Waals surface area contributed by atoms with Crippen LogP contribution < -0.4 is 5.32 Å². The van der Waals surface area contributed by atoms with Crippen LogP contribution in [0.25, 0.3) is 16.6 Å². The van der Waals surface area contributed by atoms with Crippen molar-refractivity contribution in [2.24, 2.45) is 7.05 Å². The predicted octanol–water partition coefficient (Wildman–Crippen LogP) is 4.64. The number of alkyl halides is 3. The Labute approximate surface area is 158 Å². The first-order chi connectivity index (χ1) is 13.3. The standard InChI is InChI=1S/C20H15F3N4O/c1-26-11-9-15-16(3-2-4-17(15)26)24-19(28)13-5-7-14(8-6-13)27-12-10-18(25-27)20(21,22)23/h2-12H,1H3,(H,24,28). The number of fused-ring (bicyclic) bond motifs is 1. The Morgan fingerprint density at radius 3 is 2.43 bits per heavy atom. The van der Waals surface area contributed by atoms with Gasteiger partial charge in [-0.05, 0) is 48.5 Å². The molecule has 2 aromatic carbocycles. The summed E-state index contributed by atoms with van der Waals surface area (Å²) >= 11 is 0. The molecule has 0 aliphatic rings. The summed E-state index contributed by atoms with van der Waals surface area (Å²) in [7, 11) is 1.92. The van der Waals surface area contributed by atoms with Gasteiger partial charge in [0, 0.05) is 35.9 Å². The van der Waals surface area contributed by atoms with Gasteiger partial charge in [-0.25, -0.2) is 4.68 Å². The van der Waals surface area contributed by atoms with Crippen LogP contribution in [0.5, 0.6) is 0 Å². The number of carbonyl (C=O) groups is 1. The smallest absolute Gasteiger partial charge is 0.350 e. The summed E-state index contributed by atoms with van der Waals surface area (Å²) in [4.78, 5) is 12.6. The van der Waals surface area contributed by atoms with Crippen molar-refractivity contribution in [3.63, 3.8) is 0 Å². The molecule has 0 saturated carbocycles. The lowest BCUT2D eigenvalue weighted by Gasteiger charge is -2.08. The van der Waals surface area contributed by atoms with Crippen molar-refractivity contribution in [1.82, 2.24) is 14.3 Å². The highest BCUT2D eigenvalue weighted by Gasteiger charge is 2.33. The van der Waals surface area contributed by atoms with Crippen molar-refractivity contribution >= 4 is 22.5 Å². The lowest BCUT2D eigenvalue weighted by atomic mass is 10.1. The number of benzene rings is 2. The van der Waals surface area contributed by atoms with Gasteiger partial charge < -0.3 is 9.88 Å². The van der Waals surface area contributed by atoms with E-state index < -0.39 is 11.9 Å². The molecule has 1 amide bonds. The average Bonchev–Trinajstić information content (AvgIpc) is 3.30. The van der Waals surface area contributed by atoms with Crippen LogP contribution in [0, 0.1) is 0 Å². The summed E-state index contributed by atoms with van der Waals surface area (Å²) in [5, 5.41) is 7.32. The number of nitrogens with one attached hydrogen (secondary N) is 1. The van der Waals surface area contributed by atoms with E-state index in [1.54, 1.807) is 24.3 Å². The number of hydrogen-bond acceptors (Lipinski definition) is 2. The molecule has 0 aliphatic carbocycles. The summed E-state index contributed by atoms with van der Waals surface area (Å²) in [6.45, 7) is 0. The minimum absolute atomic E-state index is 0.306. The van der Waals surface area contributed by atoms with E-state index in [1.165, 1.54) is 6.20 Å². The lowest BCUT2D eigenvalue weighted by molar-refractivity contribution is -0.141. The van der Waals surface area contributed by atoms with Gasteiger partial charge in [0.1, 0.15) is 0 Å². The molecule has 142 valence electrons. The van der Waals surface area contributed by atoms with Crippen molar-refractivity contribution < 1.29 is 18.0 Å². The van der Waals surface area contributed by atoms with E-state index >= 15 is 0 Å². The zero-order valence-corrected chi connectivity index (χ0v) is 14.7. The Morgan fingerprint density at radius 2 is 1.75 bits per heavy atom. The summed E-state index contributed by atoms with van der Waals surface area (Å²) in [5.41, 5.74) is 1.53. The van der Waals surface area contributed by atoms with Crippen molar-refractivity contribution in [3.05, 3.63) is 78.2 Å². The van der Waals surface area contributed by atoms with E-state index in [9.17, 15) is 18.0 Å². The van der Waals surface area contributed by atoms with Crippen LogP contribution in [0.4, 0.5) is 18.9 Å². The highest BCUT2D eigenvalue weighted by Crippen LogP contribution is 2.28. The lowest BCUT2D eigenvalue weighted by Crippen LogP contribution is -2.12. The Balaban J connectivity index is 1.55. The average molecular weight is 384 g/mol. The van der Waals surface area contributed by atoms with Crippen LogP contribution in [0.3, 0.4) is 0 Å². The van der Waals surface area contributed by atoms with Gasteiger partial charge in [0.05, 0.1) is 11.4 Å². The van der Waals surface area contributed by atoms with Crippen molar-refractivity contribution in [3.8, 4) is 5.69 Å². The first kappa shape index (κ1) is 17.8. The van der Waals surface area contributed by atoms with Crippen LogP contribution in [-0.2, 0) is 13.2 Å². The fraction of sp³-hybridized carbons (Fsp3) is 0.100. The molecule has 0 atom stereocenters. The zero-order valence-electron chi connectivity index (χ0n) is 14.7. The molecule has 4 aromatic rings. The first-order valence-electron chi connectivity index (χ1n) is 8.41. The Kier molecular flexibility index (Phi) is 4.18. The number of amides is 1. The van der Waals surface area contributed by atoms with Gasteiger partial charge in [0.15, 0.2) is 5.69 Å². The van der Waals surface area contributed by atoms with Gasteiger partial charge in [0.25, 0.3) is 5.91 Å². The normalized spacial score (nSPS) is 11.7. The molecule has 5 nitrogen and oxygen atoms in total. The molecule has 1 N–H and O–H groups in total. The third-order valence-corrected chi connectivity index (χ3v) is 4.45. The quantitative estimate of drug-likeness (QED) is 0.560. The number of nitrogens with zero attached hydrogens (tertiary/aromatic N) is 3. The summed E-state index contributed by atoms with van der Waals surface area (Å²) in [6.07, 6.45) is -1.36. The highest BCUT2D eigenvalue weighted by molar-refractivity contribution is 6.08. The second-order valence-corrected chi connectivity index (χ2v) is 6.31. The maximum Gasteiger partial charge on any atom is 0.435 e. The summed E-state index contributed by atoms with van der Waals surface area (Å²) in [6, 6.07) is 14.6. The van der Waals surface area contributed by atoms with E-state index in [-0.39, 0.29) is 5.91 Å². The number of aryl methyl sites for hydroxylation is 1. The fourth-order valence-corrected chi connectivity index (χ4v) is 2.99. The predicted molar refractivity (Wildman–Crippen MR) is 99.4 cm³/mol. The Morgan fingerprint density at radius 1 is 1.00 bits per heavy atom. The summed E-state index contributed by atoms with van der Waals surface area (Å²) < 4.78 is 41.1. The molecule has 0 spiro atoms. The van der Waals surface area contributed by atoms with E-state index in [4.69, 9.17) is 0 Å². The van der Waals surface area contributed by atoms with E-state index in [2.05, 4.69) is 10.4 Å². The zero-order chi connectivity index (χ0) is 19.9. The highest BCUT2D eigenvalue weighted by atomic mass is 19.4. The number of aromatic nitrogens is 3. The van der Waals surface area contributed by atoms with Gasteiger partial charge in [-0.1, -0.05) is 6.07 Å². The second-order valence-electron chi connectivity index (χ2n) is 6.31. The van der Waals surface area contributed by atoms with Crippen LogP contribution in [0.15, 0.2) is 67.0 Å². The Bertz CT molecular complexity index is 1160. The van der Waals surface area contributed by atoms with Crippen LogP contribution in [0.1, 0.15) is 16.1 Å². The molecule has 0 bridgehead atoms. The van der Waals surface area contributed by atoms with Crippen molar-refractivity contribution in [2.45, 2.75) is 6.18 Å². The number of rotatable bonds is 3. The third-order valence-electron chi connectivity index (χ3n) is 4.45. The number of carbonyl (C=O) groups excluding carboxylic acids is 1. The maximum absolute atomic E-state index is 12.7. The number of anilines is 1. The third kappa shape index (κ3) is 3.24.